The van der Waals surface area contributed by atoms with Crippen LogP contribution in [-0.4, -0.2) is 24.7 Å². The van der Waals surface area contributed by atoms with E-state index in [1.807, 2.05) is 12.1 Å². The number of pyridine rings is 1. The molecule has 104 valence electrons. The van der Waals surface area contributed by atoms with E-state index in [0.717, 1.165) is 5.56 Å². The number of aromatic nitrogens is 1. The number of nitrogens with two attached hydrogens (primary N) is 1. The van der Waals surface area contributed by atoms with E-state index in [1.165, 1.54) is 7.11 Å². The quantitative estimate of drug-likeness (QED) is 0.666. The smallest absolute Gasteiger partial charge is 0.342 e. The van der Waals surface area contributed by atoms with Crippen molar-refractivity contribution < 1.29 is 14.3 Å². The second-order valence-corrected chi connectivity index (χ2v) is 4.20. The fourth-order valence-electron chi connectivity index (χ4n) is 1.77. The Kier molecular flexibility index (Phi) is 4.55. The van der Waals surface area contributed by atoms with Gasteiger partial charge < -0.3 is 15.2 Å². The third-order valence-corrected chi connectivity index (χ3v) is 2.82. The molecular formula is C15H16N2O3. The van der Waals surface area contributed by atoms with Gasteiger partial charge in [-0.15, -0.1) is 0 Å². The SMILES string of the molecule is COc1ccc(N)cc1C(=O)OCCc1ccncc1. The molecule has 0 atom stereocenters. The summed E-state index contributed by atoms with van der Waals surface area (Å²) in [5.74, 6) is 0.0105. The highest BCUT2D eigenvalue weighted by molar-refractivity contribution is 5.93. The van der Waals surface area contributed by atoms with Gasteiger partial charge in [0.2, 0.25) is 0 Å². The molecule has 0 aliphatic rings. The molecule has 0 amide bonds. The van der Waals surface area contributed by atoms with Crippen molar-refractivity contribution in [2.24, 2.45) is 0 Å². The number of methoxy groups -OCH3 is 1. The van der Waals surface area contributed by atoms with E-state index in [1.54, 1.807) is 30.6 Å². The molecule has 0 unspecified atom stereocenters. The highest BCUT2D eigenvalue weighted by atomic mass is 16.5. The zero-order valence-electron chi connectivity index (χ0n) is 11.2. The summed E-state index contributed by atoms with van der Waals surface area (Å²) in [4.78, 5) is 15.9. The molecule has 2 aromatic rings. The van der Waals surface area contributed by atoms with Crippen LogP contribution in [0.25, 0.3) is 0 Å². The maximum Gasteiger partial charge on any atom is 0.342 e. The normalized spacial score (nSPS) is 10.1. The van der Waals surface area contributed by atoms with Crippen molar-refractivity contribution in [3.8, 4) is 5.75 Å². The third-order valence-electron chi connectivity index (χ3n) is 2.82. The fourth-order valence-corrected chi connectivity index (χ4v) is 1.77. The molecular weight excluding hydrogens is 256 g/mol. The first-order chi connectivity index (χ1) is 9.70. The molecule has 1 aromatic heterocycles. The van der Waals surface area contributed by atoms with E-state index in [0.29, 0.717) is 30.0 Å². The summed E-state index contributed by atoms with van der Waals surface area (Å²) in [7, 11) is 1.50. The van der Waals surface area contributed by atoms with Crippen LogP contribution in [0.15, 0.2) is 42.7 Å². The molecule has 0 bridgehead atoms. The number of carbonyl (C=O) groups excluding carboxylic acids is 1. The Balaban J connectivity index is 1.97. The molecule has 0 fully saturated rings. The number of rotatable bonds is 5. The van der Waals surface area contributed by atoms with Gasteiger partial charge in [0.1, 0.15) is 11.3 Å². The number of esters is 1. The lowest BCUT2D eigenvalue weighted by molar-refractivity contribution is 0.0505. The summed E-state index contributed by atoms with van der Waals surface area (Å²) in [5.41, 5.74) is 7.56. The first-order valence-corrected chi connectivity index (χ1v) is 6.20. The predicted molar refractivity (Wildman–Crippen MR) is 75.6 cm³/mol. The van der Waals surface area contributed by atoms with Gasteiger partial charge in [0, 0.05) is 24.5 Å². The van der Waals surface area contributed by atoms with Crippen LogP contribution in [0.4, 0.5) is 5.69 Å². The van der Waals surface area contributed by atoms with Crippen molar-refractivity contribution >= 4 is 11.7 Å². The molecule has 0 saturated heterocycles. The fraction of sp³-hybridized carbons (Fsp3) is 0.200. The topological polar surface area (TPSA) is 74.4 Å². The molecule has 0 aliphatic heterocycles. The Hall–Kier alpha value is -2.56. The van der Waals surface area contributed by atoms with E-state index in [2.05, 4.69) is 4.98 Å². The summed E-state index contributed by atoms with van der Waals surface area (Å²) < 4.78 is 10.4. The van der Waals surface area contributed by atoms with Crippen molar-refractivity contribution in [3.05, 3.63) is 53.9 Å². The number of anilines is 1. The largest absolute Gasteiger partial charge is 0.496 e. The minimum Gasteiger partial charge on any atom is -0.496 e. The molecule has 0 saturated carbocycles. The van der Waals surface area contributed by atoms with Crippen LogP contribution >= 0.6 is 0 Å². The third kappa shape index (κ3) is 3.47. The van der Waals surface area contributed by atoms with E-state index in [9.17, 15) is 4.79 Å². The summed E-state index contributed by atoms with van der Waals surface area (Å²) in [6.45, 7) is 0.292. The lowest BCUT2D eigenvalue weighted by atomic mass is 10.2. The number of nitrogen functional groups attached to an aromatic ring is 1. The van der Waals surface area contributed by atoms with Crippen molar-refractivity contribution in [2.75, 3.05) is 19.5 Å². The maximum atomic E-state index is 12.0. The van der Waals surface area contributed by atoms with Gasteiger partial charge in [0.05, 0.1) is 13.7 Å². The minimum absolute atomic E-state index is 0.292. The van der Waals surface area contributed by atoms with Gasteiger partial charge in [-0.3, -0.25) is 4.98 Å². The Labute approximate surface area is 117 Å². The van der Waals surface area contributed by atoms with Crippen LogP contribution in [0.1, 0.15) is 15.9 Å². The second-order valence-electron chi connectivity index (χ2n) is 4.20. The molecule has 2 N–H and O–H groups in total. The van der Waals surface area contributed by atoms with Crippen molar-refractivity contribution in [2.45, 2.75) is 6.42 Å². The van der Waals surface area contributed by atoms with Gasteiger partial charge in [0.25, 0.3) is 0 Å². The predicted octanol–water partition coefficient (Wildman–Crippen LogP) is 2.07. The van der Waals surface area contributed by atoms with Gasteiger partial charge in [0.15, 0.2) is 0 Å². The molecule has 5 nitrogen and oxygen atoms in total. The van der Waals surface area contributed by atoms with Gasteiger partial charge >= 0.3 is 5.97 Å². The Morgan fingerprint density at radius 3 is 2.70 bits per heavy atom. The van der Waals surface area contributed by atoms with E-state index in [-0.39, 0.29) is 0 Å². The first kappa shape index (κ1) is 13.9. The van der Waals surface area contributed by atoms with E-state index < -0.39 is 5.97 Å². The van der Waals surface area contributed by atoms with Crippen molar-refractivity contribution in [3.63, 3.8) is 0 Å². The van der Waals surface area contributed by atoms with Crippen LogP contribution < -0.4 is 10.5 Å². The molecule has 2 rings (SSSR count). The second kappa shape index (κ2) is 6.56. The molecule has 1 aromatic carbocycles. The average molecular weight is 272 g/mol. The Morgan fingerprint density at radius 2 is 2.00 bits per heavy atom. The lowest BCUT2D eigenvalue weighted by Crippen LogP contribution is -2.10. The van der Waals surface area contributed by atoms with Gasteiger partial charge in [-0.1, -0.05) is 0 Å². The molecule has 1 heterocycles. The number of carbonyl (C=O) groups is 1. The van der Waals surface area contributed by atoms with Crippen molar-refractivity contribution in [1.82, 2.24) is 4.98 Å². The number of ether oxygens (including phenoxy) is 2. The van der Waals surface area contributed by atoms with Crippen LogP contribution in [0, 0.1) is 0 Å². The molecule has 5 heteroatoms. The molecule has 0 radical (unpaired) electrons. The highest BCUT2D eigenvalue weighted by Gasteiger charge is 2.14. The Morgan fingerprint density at radius 1 is 1.25 bits per heavy atom. The van der Waals surface area contributed by atoms with Gasteiger partial charge in [-0.05, 0) is 35.9 Å². The zero-order valence-corrected chi connectivity index (χ0v) is 11.2. The van der Waals surface area contributed by atoms with Crippen LogP contribution in [0.5, 0.6) is 5.75 Å². The minimum atomic E-state index is -0.441. The number of hydrogen-bond donors (Lipinski definition) is 1. The summed E-state index contributed by atoms with van der Waals surface area (Å²) >= 11 is 0. The Bertz CT molecular complexity index is 585. The van der Waals surface area contributed by atoms with Gasteiger partial charge in [-0.25, -0.2) is 4.79 Å². The average Bonchev–Trinajstić information content (AvgIpc) is 2.48. The number of hydrogen-bond acceptors (Lipinski definition) is 5. The summed E-state index contributed by atoms with van der Waals surface area (Å²) in [6.07, 6.45) is 4.05. The zero-order chi connectivity index (χ0) is 14.4. The number of benzene rings is 1. The summed E-state index contributed by atoms with van der Waals surface area (Å²) in [5, 5.41) is 0. The standard InChI is InChI=1S/C15H16N2O3/c1-19-14-3-2-12(16)10-13(14)15(18)20-9-6-11-4-7-17-8-5-11/h2-5,7-8,10H,6,9,16H2,1H3. The molecule has 20 heavy (non-hydrogen) atoms. The first-order valence-electron chi connectivity index (χ1n) is 6.20. The van der Waals surface area contributed by atoms with Gasteiger partial charge in [-0.2, -0.15) is 0 Å². The van der Waals surface area contributed by atoms with Crippen LogP contribution in [0.2, 0.25) is 0 Å². The van der Waals surface area contributed by atoms with E-state index in [4.69, 9.17) is 15.2 Å². The van der Waals surface area contributed by atoms with E-state index >= 15 is 0 Å². The number of nitrogens with zero attached hydrogens (tertiary/aromatic N) is 1. The highest BCUT2D eigenvalue weighted by Crippen LogP contribution is 2.21. The van der Waals surface area contributed by atoms with Crippen LogP contribution in [-0.2, 0) is 11.2 Å². The monoisotopic (exact) mass is 272 g/mol. The molecule has 0 spiro atoms. The maximum absolute atomic E-state index is 12.0. The lowest BCUT2D eigenvalue weighted by Gasteiger charge is -2.09. The van der Waals surface area contributed by atoms with Crippen molar-refractivity contribution in [1.29, 1.82) is 0 Å². The van der Waals surface area contributed by atoms with Crippen LogP contribution in [0.3, 0.4) is 0 Å². The summed E-state index contributed by atoms with van der Waals surface area (Å²) in [6, 6.07) is 8.64. The molecule has 0 aliphatic carbocycles.